The van der Waals surface area contributed by atoms with Crippen molar-refractivity contribution in [2.75, 3.05) is 11.9 Å². The summed E-state index contributed by atoms with van der Waals surface area (Å²) in [5.41, 5.74) is 2.55. The van der Waals surface area contributed by atoms with Crippen LogP contribution in [0.1, 0.15) is 11.1 Å². The number of carbonyl (C=O) groups excluding carboxylic acids is 1. The van der Waals surface area contributed by atoms with Crippen molar-refractivity contribution in [3.63, 3.8) is 0 Å². The van der Waals surface area contributed by atoms with Crippen LogP contribution in [0.2, 0.25) is 0 Å². The van der Waals surface area contributed by atoms with E-state index < -0.39 is 6.09 Å². The maximum atomic E-state index is 11.7. The fourth-order valence-electron chi connectivity index (χ4n) is 1.74. The molecule has 2 aromatic rings. The van der Waals surface area contributed by atoms with E-state index in [1.807, 2.05) is 42.5 Å². The average Bonchev–Trinajstić information content (AvgIpc) is 2.53. The third kappa shape index (κ3) is 5.12. The molecule has 0 saturated heterocycles. The lowest BCUT2D eigenvalue weighted by atomic mass is 10.2. The van der Waals surface area contributed by atoms with Crippen molar-refractivity contribution in [2.45, 2.75) is 6.61 Å². The van der Waals surface area contributed by atoms with Crippen LogP contribution in [0.4, 0.5) is 10.5 Å². The van der Waals surface area contributed by atoms with Crippen LogP contribution in [-0.4, -0.2) is 17.8 Å². The standard InChI is InChI=1S/C17H17NO3/c19-12-4-7-14-8-10-16(11-9-14)18-17(20)21-13-15-5-2-1-3-6-15/h1-11,19H,12-13H2,(H,18,20). The molecule has 4 heteroatoms. The number of aliphatic hydroxyl groups is 1. The number of anilines is 1. The highest BCUT2D eigenvalue weighted by Gasteiger charge is 2.03. The molecule has 0 unspecified atom stereocenters. The van der Waals surface area contributed by atoms with Crippen LogP contribution in [0.15, 0.2) is 60.7 Å². The fraction of sp³-hybridized carbons (Fsp3) is 0.118. The summed E-state index contributed by atoms with van der Waals surface area (Å²) in [6.07, 6.45) is 2.96. The van der Waals surface area contributed by atoms with Crippen LogP contribution in [-0.2, 0) is 11.3 Å². The molecule has 0 aliphatic carbocycles. The van der Waals surface area contributed by atoms with E-state index >= 15 is 0 Å². The number of hydrogen-bond donors (Lipinski definition) is 2. The summed E-state index contributed by atoms with van der Waals surface area (Å²) in [5, 5.41) is 11.4. The highest BCUT2D eigenvalue weighted by molar-refractivity contribution is 5.84. The van der Waals surface area contributed by atoms with E-state index in [4.69, 9.17) is 9.84 Å². The van der Waals surface area contributed by atoms with Crippen LogP contribution < -0.4 is 5.32 Å². The van der Waals surface area contributed by atoms with Gasteiger partial charge >= 0.3 is 6.09 Å². The zero-order valence-corrected chi connectivity index (χ0v) is 11.5. The molecule has 0 aliphatic rings. The quantitative estimate of drug-likeness (QED) is 0.883. The van der Waals surface area contributed by atoms with Gasteiger partial charge in [0, 0.05) is 5.69 Å². The van der Waals surface area contributed by atoms with E-state index in [1.165, 1.54) is 0 Å². The second-order valence-corrected chi connectivity index (χ2v) is 4.39. The van der Waals surface area contributed by atoms with Gasteiger partial charge in [0.1, 0.15) is 6.61 Å². The largest absolute Gasteiger partial charge is 0.444 e. The van der Waals surface area contributed by atoms with Crippen molar-refractivity contribution in [1.82, 2.24) is 0 Å². The Morgan fingerprint density at radius 1 is 1.10 bits per heavy atom. The summed E-state index contributed by atoms with van der Waals surface area (Å²) in [4.78, 5) is 11.7. The fourth-order valence-corrected chi connectivity index (χ4v) is 1.74. The lowest BCUT2D eigenvalue weighted by molar-refractivity contribution is 0.155. The van der Waals surface area contributed by atoms with E-state index in [-0.39, 0.29) is 13.2 Å². The molecule has 0 spiro atoms. The van der Waals surface area contributed by atoms with Gasteiger partial charge in [0.2, 0.25) is 0 Å². The topological polar surface area (TPSA) is 58.6 Å². The van der Waals surface area contributed by atoms with Crippen LogP contribution in [0, 0.1) is 0 Å². The molecule has 0 heterocycles. The molecule has 2 rings (SSSR count). The molecule has 4 nitrogen and oxygen atoms in total. The summed E-state index contributed by atoms with van der Waals surface area (Å²) in [6.45, 7) is 0.246. The molecular formula is C17H17NO3. The molecule has 2 N–H and O–H groups in total. The molecule has 0 radical (unpaired) electrons. The normalized spacial score (nSPS) is 10.5. The van der Waals surface area contributed by atoms with Gasteiger partial charge < -0.3 is 9.84 Å². The summed E-state index contributed by atoms with van der Waals surface area (Å²) in [6, 6.07) is 16.8. The van der Waals surface area contributed by atoms with Crippen molar-refractivity contribution >= 4 is 17.9 Å². The van der Waals surface area contributed by atoms with E-state index in [1.54, 1.807) is 24.3 Å². The van der Waals surface area contributed by atoms with Gasteiger partial charge in [0.25, 0.3) is 0 Å². The van der Waals surface area contributed by atoms with Crippen molar-refractivity contribution in [3.8, 4) is 0 Å². The van der Waals surface area contributed by atoms with E-state index in [0.29, 0.717) is 5.69 Å². The summed E-state index contributed by atoms with van der Waals surface area (Å²) in [5.74, 6) is 0. The van der Waals surface area contributed by atoms with Gasteiger partial charge in [-0.25, -0.2) is 4.79 Å². The first-order valence-corrected chi connectivity index (χ1v) is 6.63. The Bertz CT molecular complexity index is 591. The highest BCUT2D eigenvalue weighted by Crippen LogP contribution is 2.11. The van der Waals surface area contributed by atoms with Gasteiger partial charge in [-0.1, -0.05) is 54.6 Å². The highest BCUT2D eigenvalue weighted by atomic mass is 16.5. The molecule has 1 amide bonds. The van der Waals surface area contributed by atoms with Gasteiger partial charge in [-0.15, -0.1) is 0 Å². The Kier molecular flexibility index (Phi) is 5.55. The molecule has 0 atom stereocenters. The smallest absolute Gasteiger partial charge is 0.411 e. The molecule has 2 aromatic carbocycles. The number of nitrogens with one attached hydrogen (secondary N) is 1. The Morgan fingerprint density at radius 2 is 1.81 bits per heavy atom. The zero-order valence-electron chi connectivity index (χ0n) is 11.5. The van der Waals surface area contributed by atoms with E-state index in [0.717, 1.165) is 11.1 Å². The number of rotatable bonds is 5. The second-order valence-electron chi connectivity index (χ2n) is 4.39. The Hall–Kier alpha value is -2.59. The molecule has 0 fully saturated rings. The van der Waals surface area contributed by atoms with Crippen LogP contribution >= 0.6 is 0 Å². The monoisotopic (exact) mass is 283 g/mol. The van der Waals surface area contributed by atoms with Gasteiger partial charge in [0.15, 0.2) is 0 Å². The Balaban J connectivity index is 1.83. The maximum absolute atomic E-state index is 11.7. The minimum absolute atomic E-state index is 0.00577. The van der Waals surface area contributed by atoms with E-state index in [2.05, 4.69) is 5.32 Å². The van der Waals surface area contributed by atoms with Gasteiger partial charge in [-0.2, -0.15) is 0 Å². The zero-order chi connectivity index (χ0) is 14.9. The van der Waals surface area contributed by atoms with Crippen LogP contribution in [0.5, 0.6) is 0 Å². The first-order valence-electron chi connectivity index (χ1n) is 6.63. The minimum atomic E-state index is -0.488. The van der Waals surface area contributed by atoms with Gasteiger partial charge in [0.05, 0.1) is 6.61 Å². The molecule has 108 valence electrons. The molecule has 21 heavy (non-hydrogen) atoms. The van der Waals surface area contributed by atoms with Gasteiger partial charge in [-0.05, 0) is 23.3 Å². The van der Waals surface area contributed by atoms with Crippen LogP contribution in [0.3, 0.4) is 0 Å². The number of hydrogen-bond acceptors (Lipinski definition) is 3. The number of ether oxygens (including phenoxy) is 1. The maximum Gasteiger partial charge on any atom is 0.411 e. The summed E-state index contributed by atoms with van der Waals surface area (Å²) in [7, 11) is 0. The number of aliphatic hydroxyl groups excluding tert-OH is 1. The minimum Gasteiger partial charge on any atom is -0.444 e. The van der Waals surface area contributed by atoms with Crippen molar-refractivity contribution in [3.05, 3.63) is 71.8 Å². The second kappa shape index (κ2) is 7.87. The summed E-state index contributed by atoms with van der Waals surface area (Å²) >= 11 is 0. The number of benzene rings is 2. The predicted molar refractivity (Wildman–Crippen MR) is 82.8 cm³/mol. The lowest BCUT2D eigenvalue weighted by Crippen LogP contribution is -2.13. The lowest BCUT2D eigenvalue weighted by Gasteiger charge is -2.07. The molecule has 0 aliphatic heterocycles. The SMILES string of the molecule is O=C(Nc1ccc(C=CCO)cc1)OCc1ccccc1. The third-order valence-corrected chi connectivity index (χ3v) is 2.79. The molecular weight excluding hydrogens is 266 g/mol. The van der Waals surface area contributed by atoms with Crippen molar-refractivity contribution in [2.24, 2.45) is 0 Å². The first-order chi connectivity index (χ1) is 10.3. The van der Waals surface area contributed by atoms with Gasteiger partial charge in [-0.3, -0.25) is 5.32 Å². The average molecular weight is 283 g/mol. The Morgan fingerprint density at radius 3 is 2.48 bits per heavy atom. The van der Waals surface area contributed by atoms with Crippen molar-refractivity contribution < 1.29 is 14.6 Å². The molecule has 0 bridgehead atoms. The summed E-state index contributed by atoms with van der Waals surface area (Å²) < 4.78 is 5.13. The predicted octanol–water partition coefficient (Wildman–Crippen LogP) is 3.44. The third-order valence-electron chi connectivity index (χ3n) is 2.79. The van der Waals surface area contributed by atoms with Crippen molar-refractivity contribution in [1.29, 1.82) is 0 Å². The number of carbonyl (C=O) groups is 1. The van der Waals surface area contributed by atoms with Crippen LogP contribution in [0.25, 0.3) is 6.08 Å². The van der Waals surface area contributed by atoms with E-state index in [9.17, 15) is 4.79 Å². The number of amides is 1. The Labute approximate surface area is 123 Å². The molecule has 0 saturated carbocycles. The molecule has 0 aromatic heterocycles. The first kappa shape index (κ1) is 14.8.